The molecule has 0 spiro atoms. The van der Waals surface area contributed by atoms with Crippen LogP contribution in [0, 0.1) is 13.8 Å². The molecule has 1 saturated heterocycles. The third kappa shape index (κ3) is 6.03. The van der Waals surface area contributed by atoms with Crippen molar-refractivity contribution >= 4 is 11.7 Å². The summed E-state index contributed by atoms with van der Waals surface area (Å²) in [5, 5.41) is 0. The van der Waals surface area contributed by atoms with Gasteiger partial charge in [-0.25, -0.2) is 9.97 Å². The summed E-state index contributed by atoms with van der Waals surface area (Å²) in [6, 6.07) is 10.7. The highest BCUT2D eigenvalue weighted by atomic mass is 19.4. The monoisotopic (exact) mass is 522 g/mol. The number of aryl methyl sites for hydroxylation is 2. The smallest absolute Gasteiger partial charge is 0.353 e. The first-order valence-electron chi connectivity index (χ1n) is 11.5. The van der Waals surface area contributed by atoms with E-state index in [4.69, 9.17) is 0 Å². The van der Waals surface area contributed by atoms with Gasteiger partial charge in [0.1, 0.15) is 11.6 Å². The average Bonchev–Trinajstić information content (AvgIpc) is 2.84. The Labute approximate surface area is 209 Å². The Bertz CT molecular complexity index is 1250. The number of benzene rings is 2. The number of rotatable bonds is 4. The van der Waals surface area contributed by atoms with Gasteiger partial charge >= 0.3 is 12.4 Å². The second-order valence-electron chi connectivity index (χ2n) is 8.89. The van der Waals surface area contributed by atoms with Gasteiger partial charge in [0.05, 0.1) is 11.1 Å². The number of carbonyl (C=O) groups is 1. The summed E-state index contributed by atoms with van der Waals surface area (Å²) in [6.07, 6.45) is -9.45. The molecule has 0 aliphatic carbocycles. The third-order valence-electron chi connectivity index (χ3n) is 6.23. The number of amides is 1. The number of halogens is 6. The van der Waals surface area contributed by atoms with E-state index in [1.807, 2.05) is 42.2 Å². The minimum Gasteiger partial charge on any atom is -0.353 e. The zero-order valence-corrected chi connectivity index (χ0v) is 20.1. The highest BCUT2D eigenvalue weighted by Gasteiger charge is 2.38. The van der Waals surface area contributed by atoms with E-state index in [9.17, 15) is 31.1 Å². The first-order valence-corrected chi connectivity index (χ1v) is 11.5. The van der Waals surface area contributed by atoms with Crippen LogP contribution in [-0.2, 0) is 18.8 Å². The topological polar surface area (TPSA) is 49.3 Å². The maximum absolute atomic E-state index is 13.2. The molecule has 3 aromatic rings. The largest absolute Gasteiger partial charge is 0.416 e. The fourth-order valence-corrected chi connectivity index (χ4v) is 4.37. The molecule has 5 nitrogen and oxygen atoms in total. The molecule has 2 heterocycles. The van der Waals surface area contributed by atoms with Gasteiger partial charge in [-0.05, 0) is 37.6 Å². The molecule has 1 aliphatic heterocycles. The Balaban J connectivity index is 1.56. The number of nitrogens with zero attached hydrogens (tertiary/aromatic N) is 4. The van der Waals surface area contributed by atoms with Crippen molar-refractivity contribution in [2.24, 2.45) is 0 Å². The number of hydrogen-bond acceptors (Lipinski definition) is 4. The summed E-state index contributed by atoms with van der Waals surface area (Å²) < 4.78 is 79.4. The van der Waals surface area contributed by atoms with E-state index >= 15 is 0 Å². The van der Waals surface area contributed by atoms with Crippen molar-refractivity contribution in [2.45, 2.75) is 32.6 Å². The number of aromatic nitrogens is 2. The van der Waals surface area contributed by atoms with Crippen LogP contribution in [0.2, 0.25) is 0 Å². The zero-order valence-electron chi connectivity index (χ0n) is 20.1. The lowest BCUT2D eigenvalue weighted by atomic mass is 10.0. The van der Waals surface area contributed by atoms with Crippen molar-refractivity contribution in [3.05, 3.63) is 87.9 Å². The van der Waals surface area contributed by atoms with Crippen LogP contribution < -0.4 is 4.90 Å². The van der Waals surface area contributed by atoms with Crippen LogP contribution >= 0.6 is 0 Å². The molecule has 1 aliphatic rings. The van der Waals surface area contributed by atoms with Gasteiger partial charge in [0.2, 0.25) is 0 Å². The van der Waals surface area contributed by atoms with Gasteiger partial charge in [-0.15, -0.1) is 0 Å². The zero-order chi connectivity index (χ0) is 27.0. The van der Waals surface area contributed by atoms with Crippen molar-refractivity contribution in [3.63, 3.8) is 0 Å². The maximum Gasteiger partial charge on any atom is 0.416 e. The molecule has 0 saturated carbocycles. The normalized spacial score (nSPS) is 14.7. The first-order chi connectivity index (χ1) is 17.3. The highest BCUT2D eigenvalue weighted by molar-refractivity contribution is 5.95. The van der Waals surface area contributed by atoms with Crippen molar-refractivity contribution in [1.29, 1.82) is 0 Å². The van der Waals surface area contributed by atoms with Crippen molar-refractivity contribution in [2.75, 3.05) is 31.1 Å². The molecule has 0 unspecified atom stereocenters. The molecule has 37 heavy (non-hydrogen) atoms. The second kappa shape index (κ2) is 10.0. The fraction of sp³-hybridized carbons (Fsp3) is 0.346. The predicted octanol–water partition coefficient (Wildman–Crippen LogP) is 5.68. The standard InChI is InChI=1S/C26H24F6N4O/c1-16-22(12-18-6-4-3-5-7-18)23(34-17(2)33-16)35-8-10-36(11-9-35)24(37)19-13-20(25(27,28)29)15-21(14-19)26(30,31)32/h3-7,13-15H,8-12H2,1-2H3. The second-order valence-corrected chi connectivity index (χ2v) is 8.89. The molecule has 0 atom stereocenters. The first kappa shape index (κ1) is 26.4. The molecule has 1 fully saturated rings. The lowest BCUT2D eigenvalue weighted by Gasteiger charge is -2.36. The Morgan fingerprint density at radius 3 is 1.95 bits per heavy atom. The van der Waals surface area contributed by atoms with E-state index < -0.39 is 35.0 Å². The summed E-state index contributed by atoms with van der Waals surface area (Å²) in [7, 11) is 0. The molecule has 2 aromatic carbocycles. The van der Waals surface area contributed by atoms with Gasteiger partial charge in [0.25, 0.3) is 5.91 Å². The summed E-state index contributed by atoms with van der Waals surface area (Å²) in [4.78, 5) is 25.3. The molecule has 11 heteroatoms. The third-order valence-corrected chi connectivity index (χ3v) is 6.23. The molecule has 0 radical (unpaired) electrons. The van der Waals surface area contributed by atoms with Crippen LogP contribution in [0.1, 0.15) is 44.1 Å². The van der Waals surface area contributed by atoms with Crippen LogP contribution in [0.15, 0.2) is 48.5 Å². The average molecular weight is 522 g/mol. The van der Waals surface area contributed by atoms with Crippen LogP contribution in [0.5, 0.6) is 0 Å². The lowest BCUT2D eigenvalue weighted by molar-refractivity contribution is -0.143. The van der Waals surface area contributed by atoms with Gasteiger partial charge in [-0.1, -0.05) is 30.3 Å². The highest BCUT2D eigenvalue weighted by Crippen LogP contribution is 2.36. The van der Waals surface area contributed by atoms with E-state index in [0.717, 1.165) is 16.8 Å². The number of alkyl halides is 6. The van der Waals surface area contributed by atoms with Crippen LogP contribution in [-0.4, -0.2) is 47.0 Å². The van der Waals surface area contributed by atoms with E-state index in [1.54, 1.807) is 6.92 Å². The lowest BCUT2D eigenvalue weighted by Crippen LogP contribution is -2.49. The van der Waals surface area contributed by atoms with Gasteiger partial charge < -0.3 is 9.80 Å². The summed E-state index contributed by atoms with van der Waals surface area (Å²) in [6.45, 7) is 4.52. The summed E-state index contributed by atoms with van der Waals surface area (Å²) in [5.41, 5.74) is -0.867. The Hall–Kier alpha value is -3.63. The molecule has 1 amide bonds. The van der Waals surface area contributed by atoms with E-state index in [-0.39, 0.29) is 19.2 Å². The van der Waals surface area contributed by atoms with Gasteiger partial charge in [-0.2, -0.15) is 26.3 Å². The van der Waals surface area contributed by atoms with E-state index in [0.29, 0.717) is 43.3 Å². The van der Waals surface area contributed by atoms with Gasteiger partial charge in [0.15, 0.2) is 0 Å². The van der Waals surface area contributed by atoms with Crippen molar-refractivity contribution < 1.29 is 31.1 Å². The minimum absolute atomic E-state index is 0.0166. The Morgan fingerprint density at radius 1 is 0.838 bits per heavy atom. The minimum atomic E-state index is -5.02. The fourth-order valence-electron chi connectivity index (χ4n) is 4.37. The van der Waals surface area contributed by atoms with E-state index in [2.05, 4.69) is 9.97 Å². The van der Waals surface area contributed by atoms with Crippen LogP contribution in [0.4, 0.5) is 32.2 Å². The van der Waals surface area contributed by atoms with Gasteiger partial charge in [-0.3, -0.25) is 4.79 Å². The SMILES string of the molecule is Cc1nc(C)c(Cc2ccccc2)c(N2CCN(C(=O)c3cc(C(F)(F)F)cc(C(F)(F)F)c3)CC2)n1. The van der Waals surface area contributed by atoms with Crippen molar-refractivity contribution in [1.82, 2.24) is 14.9 Å². The predicted molar refractivity (Wildman–Crippen MR) is 125 cm³/mol. The molecule has 0 N–H and O–H groups in total. The number of hydrogen-bond donors (Lipinski definition) is 0. The molecular weight excluding hydrogens is 498 g/mol. The number of carbonyl (C=O) groups excluding carboxylic acids is 1. The van der Waals surface area contributed by atoms with Gasteiger partial charge in [0, 0.05) is 49.4 Å². The molecule has 4 rings (SSSR count). The summed E-state index contributed by atoms with van der Waals surface area (Å²) >= 11 is 0. The van der Waals surface area contributed by atoms with E-state index in [1.165, 1.54) is 4.90 Å². The Kier molecular flexibility index (Phi) is 7.16. The maximum atomic E-state index is 13.2. The van der Waals surface area contributed by atoms with Crippen molar-refractivity contribution in [3.8, 4) is 0 Å². The number of anilines is 1. The van der Waals surface area contributed by atoms with Crippen LogP contribution in [0.3, 0.4) is 0 Å². The number of piperazine rings is 1. The molecule has 1 aromatic heterocycles. The molecule has 196 valence electrons. The quantitative estimate of drug-likeness (QED) is 0.414. The summed E-state index contributed by atoms with van der Waals surface area (Å²) in [5.74, 6) is 0.404. The molecular formula is C26H24F6N4O. The van der Waals surface area contributed by atoms with Crippen LogP contribution in [0.25, 0.3) is 0 Å². The molecule has 0 bridgehead atoms. The Morgan fingerprint density at radius 2 is 1.41 bits per heavy atom.